The maximum absolute atomic E-state index is 6.24. The van der Waals surface area contributed by atoms with Crippen LogP contribution in [0.5, 0.6) is 0 Å². The van der Waals surface area contributed by atoms with E-state index in [1.165, 1.54) is 15.8 Å². The van der Waals surface area contributed by atoms with Crippen molar-refractivity contribution in [2.24, 2.45) is 5.16 Å². The Balaban J connectivity index is 1.25. The number of benzene rings is 1. The lowest BCUT2D eigenvalue weighted by Gasteiger charge is -2.15. The SMILES string of the molecule is CON=C1CCCc2ncc(Nc3nc(N)n(-c4cc5c(nn4)-c4ccccc4CCC5)n3)cc2CC1. The van der Waals surface area contributed by atoms with Crippen molar-refractivity contribution >= 4 is 23.3 Å². The number of hydrogen-bond acceptors (Lipinski definition) is 9. The zero-order valence-corrected chi connectivity index (χ0v) is 20.8. The van der Waals surface area contributed by atoms with Crippen LogP contribution in [0.3, 0.4) is 0 Å². The number of aromatic nitrogens is 6. The third-order valence-corrected chi connectivity index (χ3v) is 6.97. The first-order valence-electron chi connectivity index (χ1n) is 12.7. The Bertz CT molecular complexity index is 1480. The lowest BCUT2D eigenvalue weighted by atomic mass is 9.96. The van der Waals surface area contributed by atoms with E-state index in [9.17, 15) is 0 Å². The summed E-state index contributed by atoms with van der Waals surface area (Å²) in [7, 11) is 1.59. The van der Waals surface area contributed by atoms with Gasteiger partial charge in [0.15, 0.2) is 5.82 Å². The highest BCUT2D eigenvalue weighted by Crippen LogP contribution is 2.31. The summed E-state index contributed by atoms with van der Waals surface area (Å²) < 4.78 is 1.53. The molecular weight excluding hydrogens is 466 g/mol. The number of nitrogen functional groups attached to an aromatic ring is 1. The molecule has 0 radical (unpaired) electrons. The zero-order chi connectivity index (χ0) is 25.2. The Kier molecular flexibility index (Phi) is 6.21. The number of hydrogen-bond donors (Lipinski definition) is 2. The zero-order valence-electron chi connectivity index (χ0n) is 20.8. The van der Waals surface area contributed by atoms with Gasteiger partial charge >= 0.3 is 0 Å². The van der Waals surface area contributed by atoms with E-state index in [4.69, 9.17) is 15.6 Å². The van der Waals surface area contributed by atoms with Crippen molar-refractivity contribution in [1.82, 2.24) is 29.9 Å². The first kappa shape index (κ1) is 23.1. The second-order valence-electron chi connectivity index (χ2n) is 9.44. The molecule has 0 atom stereocenters. The van der Waals surface area contributed by atoms with Gasteiger partial charge in [0, 0.05) is 11.3 Å². The third-order valence-electron chi connectivity index (χ3n) is 6.97. The molecule has 0 spiro atoms. The molecule has 0 unspecified atom stereocenters. The predicted octanol–water partition coefficient (Wildman–Crippen LogP) is 4.21. The average molecular weight is 496 g/mol. The van der Waals surface area contributed by atoms with Crippen LogP contribution >= 0.6 is 0 Å². The maximum atomic E-state index is 6.24. The third kappa shape index (κ3) is 4.74. The van der Waals surface area contributed by atoms with Crippen molar-refractivity contribution in [2.45, 2.75) is 51.4 Å². The van der Waals surface area contributed by atoms with E-state index in [1.54, 1.807) is 7.11 Å². The van der Waals surface area contributed by atoms with Gasteiger partial charge < -0.3 is 15.9 Å². The van der Waals surface area contributed by atoms with Gasteiger partial charge in [0.25, 0.3) is 0 Å². The Morgan fingerprint density at radius 2 is 1.81 bits per heavy atom. The van der Waals surface area contributed by atoms with Gasteiger partial charge in [0.2, 0.25) is 11.9 Å². The van der Waals surface area contributed by atoms with E-state index in [2.05, 4.69) is 55.0 Å². The topological polar surface area (TPSA) is 129 Å². The Morgan fingerprint density at radius 1 is 0.946 bits per heavy atom. The highest BCUT2D eigenvalue weighted by Gasteiger charge is 2.19. The number of fused-ring (bicyclic) bond motifs is 4. The first-order valence-corrected chi connectivity index (χ1v) is 12.7. The fraction of sp³-hybridized carbons (Fsp3) is 0.333. The molecule has 0 bridgehead atoms. The summed E-state index contributed by atoms with van der Waals surface area (Å²) in [5.41, 5.74) is 15.0. The molecule has 2 aliphatic carbocycles. The number of rotatable bonds is 4. The minimum Gasteiger partial charge on any atom is -0.399 e. The van der Waals surface area contributed by atoms with Gasteiger partial charge in [-0.15, -0.1) is 15.3 Å². The molecule has 3 aromatic heterocycles. The molecule has 10 heteroatoms. The molecule has 0 saturated heterocycles. The highest BCUT2D eigenvalue weighted by molar-refractivity contribution is 5.84. The molecule has 0 saturated carbocycles. The number of oxime groups is 1. The summed E-state index contributed by atoms with van der Waals surface area (Å²) in [6.45, 7) is 0. The molecule has 0 fully saturated rings. The fourth-order valence-electron chi connectivity index (χ4n) is 5.19. The van der Waals surface area contributed by atoms with Crippen LogP contribution in [0.4, 0.5) is 17.6 Å². The molecule has 0 amide bonds. The first-order chi connectivity index (χ1) is 18.2. The van der Waals surface area contributed by atoms with Gasteiger partial charge in [0.05, 0.1) is 23.3 Å². The van der Waals surface area contributed by atoms with Gasteiger partial charge in [-0.05, 0) is 80.2 Å². The van der Waals surface area contributed by atoms with Crippen LogP contribution in [0.25, 0.3) is 17.1 Å². The molecule has 3 heterocycles. The fourth-order valence-corrected chi connectivity index (χ4v) is 5.19. The Hall–Kier alpha value is -4.34. The second-order valence-corrected chi connectivity index (χ2v) is 9.44. The van der Waals surface area contributed by atoms with Crippen molar-refractivity contribution in [3.63, 3.8) is 0 Å². The quantitative estimate of drug-likeness (QED) is 0.403. The number of aryl methyl sites for hydroxylation is 4. The monoisotopic (exact) mass is 495 g/mol. The number of nitrogens with two attached hydrogens (primary N) is 1. The molecule has 6 rings (SSSR count). The van der Waals surface area contributed by atoms with E-state index < -0.39 is 0 Å². The van der Waals surface area contributed by atoms with E-state index in [1.807, 2.05) is 18.3 Å². The van der Waals surface area contributed by atoms with Crippen molar-refractivity contribution in [1.29, 1.82) is 0 Å². The van der Waals surface area contributed by atoms with Crippen LogP contribution in [0, 0.1) is 0 Å². The van der Waals surface area contributed by atoms with Crippen molar-refractivity contribution < 1.29 is 4.84 Å². The van der Waals surface area contributed by atoms with Gasteiger partial charge in [0.1, 0.15) is 7.11 Å². The average Bonchev–Trinajstić information content (AvgIpc) is 3.15. The molecule has 10 nitrogen and oxygen atoms in total. The Labute approximate surface area is 215 Å². The van der Waals surface area contributed by atoms with E-state index >= 15 is 0 Å². The van der Waals surface area contributed by atoms with E-state index in [0.29, 0.717) is 11.8 Å². The van der Waals surface area contributed by atoms with Crippen LogP contribution < -0.4 is 11.1 Å². The molecule has 4 aromatic rings. The van der Waals surface area contributed by atoms with Crippen LogP contribution in [-0.2, 0) is 30.5 Å². The second kappa shape index (κ2) is 9.96. The van der Waals surface area contributed by atoms with E-state index in [0.717, 1.165) is 85.3 Å². The smallest absolute Gasteiger partial charge is 0.248 e. The summed E-state index contributed by atoms with van der Waals surface area (Å²) in [6.07, 6.45) is 9.39. The van der Waals surface area contributed by atoms with Gasteiger partial charge in [-0.2, -0.15) is 9.67 Å². The lowest BCUT2D eigenvalue weighted by molar-refractivity contribution is 0.211. The van der Waals surface area contributed by atoms with Crippen molar-refractivity contribution in [3.05, 3.63) is 65.0 Å². The van der Waals surface area contributed by atoms with Gasteiger partial charge in [-0.1, -0.05) is 29.4 Å². The van der Waals surface area contributed by atoms with Crippen LogP contribution in [-0.4, -0.2) is 42.8 Å². The van der Waals surface area contributed by atoms with Crippen molar-refractivity contribution in [3.8, 4) is 17.1 Å². The predicted molar refractivity (Wildman–Crippen MR) is 142 cm³/mol. The molecular formula is C27H29N9O. The number of anilines is 3. The van der Waals surface area contributed by atoms with Gasteiger partial charge in [-0.3, -0.25) is 4.98 Å². The Morgan fingerprint density at radius 3 is 2.73 bits per heavy atom. The number of nitrogens with one attached hydrogen (secondary N) is 1. The van der Waals surface area contributed by atoms with E-state index in [-0.39, 0.29) is 5.95 Å². The molecule has 1 aromatic carbocycles. The normalized spacial score (nSPS) is 16.1. The summed E-state index contributed by atoms with van der Waals surface area (Å²) in [6, 6.07) is 12.5. The molecule has 0 aliphatic heterocycles. The van der Waals surface area contributed by atoms with Crippen LogP contribution in [0.2, 0.25) is 0 Å². The highest BCUT2D eigenvalue weighted by atomic mass is 16.6. The number of pyridine rings is 1. The minimum atomic E-state index is 0.241. The largest absolute Gasteiger partial charge is 0.399 e. The molecule has 2 aliphatic rings. The number of nitrogens with zero attached hydrogens (tertiary/aromatic N) is 7. The summed E-state index contributed by atoms with van der Waals surface area (Å²) >= 11 is 0. The summed E-state index contributed by atoms with van der Waals surface area (Å²) in [4.78, 5) is 14.1. The molecule has 3 N–H and O–H groups in total. The maximum Gasteiger partial charge on any atom is 0.248 e. The van der Waals surface area contributed by atoms with Gasteiger partial charge in [-0.25, -0.2) is 0 Å². The lowest BCUT2D eigenvalue weighted by Crippen LogP contribution is -2.10. The van der Waals surface area contributed by atoms with Crippen molar-refractivity contribution in [2.75, 3.05) is 18.2 Å². The molecule has 37 heavy (non-hydrogen) atoms. The standard InChI is InChI=1S/C27H29N9O/c1-37-35-20-9-5-11-23-18(12-13-20)14-21(16-29-23)30-27-31-26(28)36(34-27)24-15-19-8-4-7-17-6-2-3-10-22(17)25(19)33-32-24/h2-3,6,10,14-16H,4-5,7-9,11-13H2,1H3,(H3,28,30,31,34). The summed E-state index contributed by atoms with van der Waals surface area (Å²) in [5, 5.41) is 21.0. The molecule has 188 valence electrons. The van der Waals surface area contributed by atoms with Crippen LogP contribution in [0.15, 0.2) is 47.8 Å². The minimum absolute atomic E-state index is 0.241. The summed E-state index contributed by atoms with van der Waals surface area (Å²) in [5.74, 6) is 1.18. The van der Waals surface area contributed by atoms with Crippen LogP contribution in [0.1, 0.15) is 48.1 Å².